The Morgan fingerprint density at radius 1 is 1.19 bits per heavy atom. The van der Waals surface area contributed by atoms with E-state index >= 15 is 0 Å². The lowest BCUT2D eigenvalue weighted by Gasteiger charge is -2.11. The quantitative estimate of drug-likeness (QED) is 0.328. The third kappa shape index (κ3) is 5.82. The van der Waals surface area contributed by atoms with Crippen molar-refractivity contribution in [1.82, 2.24) is 19.9 Å². The van der Waals surface area contributed by atoms with Crippen molar-refractivity contribution in [3.63, 3.8) is 0 Å². The highest BCUT2D eigenvalue weighted by Crippen LogP contribution is 2.23. The Morgan fingerprint density at radius 3 is 2.75 bits per heavy atom. The molecule has 3 rings (SSSR count). The van der Waals surface area contributed by atoms with Crippen LogP contribution in [0.5, 0.6) is 0 Å². The van der Waals surface area contributed by atoms with Crippen molar-refractivity contribution < 1.29 is 14.3 Å². The van der Waals surface area contributed by atoms with Crippen LogP contribution < -0.4 is 16.4 Å². The number of anilines is 2. The molecule has 0 bridgehead atoms. The molecule has 9 heteroatoms. The Labute approximate surface area is 187 Å². The molecule has 4 N–H and O–H groups in total. The van der Waals surface area contributed by atoms with Gasteiger partial charge < -0.3 is 25.7 Å². The number of carbonyl (C=O) groups is 2. The van der Waals surface area contributed by atoms with Gasteiger partial charge in [0.2, 0.25) is 0 Å². The van der Waals surface area contributed by atoms with Gasteiger partial charge in [-0.15, -0.1) is 0 Å². The number of nitrogens with one attached hydrogen (secondary N) is 2. The number of carbonyl (C=O) groups excluding carboxylic acids is 2. The first kappa shape index (κ1) is 23.2. The van der Waals surface area contributed by atoms with E-state index in [-0.39, 0.29) is 11.8 Å². The Morgan fingerprint density at radius 2 is 2.00 bits per heavy atom. The molecule has 0 spiro atoms. The molecule has 3 aromatic rings. The number of amides is 2. The summed E-state index contributed by atoms with van der Waals surface area (Å²) in [7, 11) is 0. The molecule has 0 fully saturated rings. The number of unbranched alkanes of at least 4 members (excludes halogenated alkanes) is 1. The highest BCUT2D eigenvalue weighted by molar-refractivity contribution is 5.96. The number of ether oxygens (including phenoxy) is 1. The molecule has 170 valence electrons. The second kappa shape index (κ2) is 10.7. The summed E-state index contributed by atoms with van der Waals surface area (Å²) in [6.45, 7) is 7.60. The highest BCUT2D eigenvalue weighted by atomic mass is 16.5. The molecule has 0 saturated heterocycles. The fourth-order valence-corrected chi connectivity index (χ4v) is 3.46. The van der Waals surface area contributed by atoms with Crippen molar-refractivity contribution in [2.75, 3.05) is 24.2 Å². The molecule has 32 heavy (non-hydrogen) atoms. The maximum atomic E-state index is 12.1. The predicted molar refractivity (Wildman–Crippen MR) is 125 cm³/mol. The number of benzene rings is 1. The minimum Gasteiger partial charge on any atom is -0.382 e. The smallest absolute Gasteiger partial charge is 0.319 e. The van der Waals surface area contributed by atoms with Crippen LogP contribution in [-0.4, -0.2) is 39.5 Å². The van der Waals surface area contributed by atoms with E-state index in [2.05, 4.69) is 25.2 Å². The molecule has 0 aliphatic rings. The summed E-state index contributed by atoms with van der Waals surface area (Å²) in [6, 6.07) is 8.55. The van der Waals surface area contributed by atoms with Gasteiger partial charge >= 0.3 is 6.03 Å². The van der Waals surface area contributed by atoms with Crippen molar-refractivity contribution in [2.45, 2.75) is 46.8 Å². The molecule has 0 saturated carbocycles. The second-order valence-electron chi connectivity index (χ2n) is 7.56. The van der Waals surface area contributed by atoms with Gasteiger partial charge in [0.25, 0.3) is 0 Å². The zero-order valence-corrected chi connectivity index (χ0v) is 18.8. The van der Waals surface area contributed by atoms with Gasteiger partial charge in [-0.2, -0.15) is 0 Å². The summed E-state index contributed by atoms with van der Waals surface area (Å²) in [5.74, 6) is 1.19. The molecular weight excluding hydrogens is 408 g/mol. The van der Waals surface area contributed by atoms with E-state index in [9.17, 15) is 9.59 Å². The average molecular weight is 439 g/mol. The summed E-state index contributed by atoms with van der Waals surface area (Å²) in [5, 5.41) is 5.61. The van der Waals surface area contributed by atoms with E-state index in [1.807, 2.05) is 19.9 Å². The van der Waals surface area contributed by atoms with Gasteiger partial charge in [-0.05, 0) is 51.8 Å². The normalized spacial score (nSPS) is 11.0. The number of urea groups is 1. The first-order valence-corrected chi connectivity index (χ1v) is 10.7. The number of nitrogens with zero attached hydrogens (tertiary/aromatic N) is 3. The molecule has 0 aliphatic heterocycles. The average Bonchev–Trinajstić information content (AvgIpc) is 3.09. The van der Waals surface area contributed by atoms with E-state index in [0.717, 1.165) is 36.4 Å². The number of hydrogen-bond acceptors (Lipinski definition) is 6. The third-order valence-electron chi connectivity index (χ3n) is 5.03. The predicted octanol–water partition coefficient (Wildman–Crippen LogP) is 3.66. The minimum atomic E-state index is -0.301. The lowest BCUT2D eigenvalue weighted by molar-refractivity contribution is 0.101. The molecule has 0 atom stereocenters. The van der Waals surface area contributed by atoms with E-state index in [4.69, 9.17) is 10.5 Å². The van der Waals surface area contributed by atoms with Crippen LogP contribution in [0.25, 0.3) is 11.0 Å². The third-order valence-corrected chi connectivity index (χ3v) is 5.03. The van der Waals surface area contributed by atoms with Gasteiger partial charge in [-0.25, -0.2) is 14.8 Å². The molecule has 0 unspecified atom stereocenters. The summed E-state index contributed by atoms with van der Waals surface area (Å²) >= 11 is 0. The molecule has 0 radical (unpaired) electrons. The number of rotatable bonds is 10. The largest absolute Gasteiger partial charge is 0.382 e. The van der Waals surface area contributed by atoms with Gasteiger partial charge in [0.15, 0.2) is 11.6 Å². The monoisotopic (exact) mass is 438 g/mol. The molecule has 2 heterocycles. The van der Waals surface area contributed by atoms with Crippen molar-refractivity contribution >= 4 is 34.4 Å². The van der Waals surface area contributed by atoms with Crippen molar-refractivity contribution in [1.29, 1.82) is 0 Å². The van der Waals surface area contributed by atoms with Crippen LogP contribution in [0.3, 0.4) is 0 Å². The number of aromatic nitrogens is 3. The fraction of sp³-hybridized carbons (Fsp3) is 0.391. The van der Waals surface area contributed by atoms with Gasteiger partial charge in [-0.1, -0.05) is 12.1 Å². The maximum absolute atomic E-state index is 12.1. The lowest BCUT2D eigenvalue weighted by atomic mass is 10.1. The number of imidazole rings is 1. The van der Waals surface area contributed by atoms with E-state index in [0.29, 0.717) is 42.3 Å². The van der Waals surface area contributed by atoms with Gasteiger partial charge in [0.1, 0.15) is 17.9 Å². The number of nitrogen functional groups attached to an aromatic ring is 1. The Kier molecular flexibility index (Phi) is 7.77. The fourth-order valence-electron chi connectivity index (χ4n) is 3.46. The molecule has 1 aromatic carbocycles. The summed E-state index contributed by atoms with van der Waals surface area (Å²) in [6.07, 6.45) is 1.63. The SMILES string of the molecule is CCOCc1nc2c(N)nc(C)cc2n1CCCCNC(=O)Nc1cccc(C(C)=O)c1. The molecule has 0 aliphatic carbocycles. The lowest BCUT2D eigenvalue weighted by Crippen LogP contribution is -2.29. The Bertz CT molecular complexity index is 1110. The van der Waals surface area contributed by atoms with Crippen LogP contribution in [0.15, 0.2) is 30.3 Å². The summed E-state index contributed by atoms with van der Waals surface area (Å²) in [5.41, 5.74) is 9.69. The zero-order chi connectivity index (χ0) is 23.1. The maximum Gasteiger partial charge on any atom is 0.319 e. The number of pyridine rings is 1. The minimum absolute atomic E-state index is 0.0440. The number of nitrogens with two attached hydrogens (primary N) is 1. The molecule has 2 aromatic heterocycles. The standard InChI is InChI=1S/C23H30N6O3/c1-4-32-14-20-28-21-19(12-15(2)26-22(21)24)29(20)11-6-5-10-25-23(31)27-18-9-7-8-17(13-18)16(3)30/h7-9,12-13H,4-6,10-11,14H2,1-3H3,(H2,24,26)(H2,25,27,31). The Hall–Kier alpha value is -3.46. The highest BCUT2D eigenvalue weighted by Gasteiger charge is 2.14. The first-order valence-electron chi connectivity index (χ1n) is 10.7. The van der Waals surface area contributed by atoms with Crippen LogP contribution in [0, 0.1) is 6.92 Å². The molecule has 2 amide bonds. The van der Waals surface area contributed by atoms with Crippen LogP contribution in [0.2, 0.25) is 0 Å². The number of Topliss-reactive ketones (excluding diaryl/α,β-unsaturated/α-hetero) is 1. The Balaban J connectivity index is 1.54. The van der Waals surface area contributed by atoms with Gasteiger partial charge in [-0.3, -0.25) is 4.79 Å². The van der Waals surface area contributed by atoms with E-state index < -0.39 is 0 Å². The molecular formula is C23H30N6O3. The number of ketones is 1. The van der Waals surface area contributed by atoms with Crippen LogP contribution >= 0.6 is 0 Å². The summed E-state index contributed by atoms with van der Waals surface area (Å²) in [4.78, 5) is 32.6. The van der Waals surface area contributed by atoms with Crippen LogP contribution in [0.1, 0.15) is 48.6 Å². The van der Waals surface area contributed by atoms with E-state index in [1.54, 1.807) is 24.3 Å². The second-order valence-corrected chi connectivity index (χ2v) is 7.56. The number of hydrogen-bond donors (Lipinski definition) is 3. The number of aryl methyl sites for hydroxylation is 2. The van der Waals surface area contributed by atoms with Crippen molar-refractivity contribution in [3.05, 3.63) is 47.4 Å². The summed E-state index contributed by atoms with van der Waals surface area (Å²) < 4.78 is 7.68. The van der Waals surface area contributed by atoms with Crippen LogP contribution in [0.4, 0.5) is 16.3 Å². The molecule has 9 nitrogen and oxygen atoms in total. The first-order chi connectivity index (χ1) is 15.4. The van der Waals surface area contributed by atoms with E-state index in [1.165, 1.54) is 6.92 Å². The number of fused-ring (bicyclic) bond motifs is 1. The van der Waals surface area contributed by atoms with Crippen molar-refractivity contribution in [2.24, 2.45) is 0 Å². The van der Waals surface area contributed by atoms with Crippen molar-refractivity contribution in [3.8, 4) is 0 Å². The van der Waals surface area contributed by atoms with Gasteiger partial charge in [0, 0.05) is 36.6 Å². The topological polar surface area (TPSA) is 124 Å². The van der Waals surface area contributed by atoms with Crippen LogP contribution in [-0.2, 0) is 17.9 Å². The van der Waals surface area contributed by atoms with Gasteiger partial charge in [0.05, 0.1) is 5.52 Å². The zero-order valence-electron chi connectivity index (χ0n) is 18.8.